The van der Waals surface area contributed by atoms with E-state index in [1.54, 1.807) is 0 Å². The topological polar surface area (TPSA) is 142 Å². The standard InChI is InChI=1S/C10H13N3O5S/c11-10(12-16)8-3-6(13(17)18)1-2-9(8)19-5-7(15)4-14/h1-3,7,14-16H,4-5H2,(H2,11,12). The molecule has 0 aliphatic rings. The Balaban J connectivity index is 3.06. The van der Waals surface area contributed by atoms with Gasteiger partial charge in [0.15, 0.2) is 5.84 Å². The summed E-state index contributed by atoms with van der Waals surface area (Å²) < 4.78 is 0. The molecule has 5 N–H and O–H groups in total. The van der Waals surface area contributed by atoms with Gasteiger partial charge in [-0.05, 0) is 6.07 Å². The molecule has 104 valence electrons. The van der Waals surface area contributed by atoms with Crippen LogP contribution in [0.25, 0.3) is 0 Å². The molecular weight excluding hydrogens is 274 g/mol. The zero-order valence-corrected chi connectivity index (χ0v) is 10.6. The molecule has 0 amide bonds. The van der Waals surface area contributed by atoms with Gasteiger partial charge in [-0.1, -0.05) is 5.16 Å². The number of thioether (sulfide) groups is 1. The highest BCUT2D eigenvalue weighted by Gasteiger charge is 2.15. The first-order valence-corrected chi connectivity index (χ1v) is 6.16. The summed E-state index contributed by atoms with van der Waals surface area (Å²) in [6.45, 7) is -0.390. The summed E-state index contributed by atoms with van der Waals surface area (Å²) in [6.07, 6.45) is -0.916. The molecule has 0 bridgehead atoms. The molecule has 0 radical (unpaired) electrons. The summed E-state index contributed by atoms with van der Waals surface area (Å²) in [7, 11) is 0. The van der Waals surface area contributed by atoms with Crippen molar-refractivity contribution in [3.63, 3.8) is 0 Å². The lowest BCUT2D eigenvalue weighted by Crippen LogP contribution is -2.17. The van der Waals surface area contributed by atoms with Crippen LogP contribution in [0.5, 0.6) is 0 Å². The zero-order valence-electron chi connectivity index (χ0n) is 9.76. The third-order valence-electron chi connectivity index (χ3n) is 2.20. The second-order valence-corrected chi connectivity index (χ2v) is 4.63. The monoisotopic (exact) mass is 287 g/mol. The molecule has 0 fully saturated rings. The van der Waals surface area contributed by atoms with Gasteiger partial charge in [0.05, 0.1) is 17.6 Å². The van der Waals surface area contributed by atoms with Crippen molar-refractivity contribution < 1.29 is 20.3 Å². The maximum atomic E-state index is 10.7. The first-order valence-electron chi connectivity index (χ1n) is 5.17. The minimum Gasteiger partial charge on any atom is -0.409 e. The van der Waals surface area contributed by atoms with Crippen LogP contribution in [0.2, 0.25) is 0 Å². The minimum atomic E-state index is -0.916. The van der Waals surface area contributed by atoms with E-state index >= 15 is 0 Å². The molecule has 1 aromatic rings. The molecule has 0 heterocycles. The number of aliphatic hydroxyl groups is 2. The van der Waals surface area contributed by atoms with Crippen LogP contribution < -0.4 is 5.73 Å². The van der Waals surface area contributed by atoms with E-state index in [1.165, 1.54) is 18.2 Å². The van der Waals surface area contributed by atoms with Crippen LogP contribution in [-0.4, -0.2) is 44.6 Å². The highest BCUT2D eigenvalue weighted by Crippen LogP contribution is 2.27. The molecule has 0 aliphatic carbocycles. The number of non-ortho nitro benzene ring substituents is 1. The Hall–Kier alpha value is -1.84. The Bertz CT molecular complexity index is 494. The molecule has 0 saturated heterocycles. The number of aliphatic hydroxyl groups excluding tert-OH is 2. The van der Waals surface area contributed by atoms with Crippen molar-refractivity contribution in [3.05, 3.63) is 33.9 Å². The summed E-state index contributed by atoms with van der Waals surface area (Å²) in [4.78, 5) is 10.6. The number of hydrogen-bond acceptors (Lipinski definition) is 7. The van der Waals surface area contributed by atoms with Gasteiger partial charge in [-0.15, -0.1) is 11.8 Å². The Labute approximate surface area is 112 Å². The van der Waals surface area contributed by atoms with Gasteiger partial charge < -0.3 is 21.2 Å². The molecule has 0 aromatic heterocycles. The molecule has 0 aliphatic heterocycles. The summed E-state index contributed by atoms with van der Waals surface area (Å²) in [5.74, 6) is -0.0790. The molecule has 0 saturated carbocycles. The maximum Gasteiger partial charge on any atom is 0.270 e. The highest BCUT2D eigenvalue weighted by atomic mass is 32.2. The summed E-state index contributed by atoms with van der Waals surface area (Å²) in [5.41, 5.74) is 5.47. The SMILES string of the molecule is NC(=NO)c1cc([N+](=O)[O-])ccc1SCC(O)CO. The molecule has 8 nitrogen and oxygen atoms in total. The van der Waals surface area contributed by atoms with Gasteiger partial charge in [0, 0.05) is 28.3 Å². The molecule has 1 aromatic carbocycles. The average Bonchev–Trinajstić information content (AvgIpc) is 2.43. The van der Waals surface area contributed by atoms with Gasteiger partial charge in [0.1, 0.15) is 0 Å². The molecule has 9 heteroatoms. The van der Waals surface area contributed by atoms with Crippen molar-refractivity contribution in [1.82, 2.24) is 0 Å². The normalized spacial score (nSPS) is 13.3. The number of amidine groups is 1. The maximum absolute atomic E-state index is 10.7. The lowest BCUT2D eigenvalue weighted by molar-refractivity contribution is -0.384. The number of rotatable bonds is 6. The number of oxime groups is 1. The fourth-order valence-corrected chi connectivity index (χ4v) is 2.21. The third-order valence-corrected chi connectivity index (χ3v) is 3.42. The smallest absolute Gasteiger partial charge is 0.270 e. The second kappa shape index (κ2) is 6.92. The first-order chi connectivity index (χ1) is 8.99. The Morgan fingerprint density at radius 3 is 2.79 bits per heavy atom. The largest absolute Gasteiger partial charge is 0.409 e. The van der Waals surface area contributed by atoms with Crippen LogP contribution in [-0.2, 0) is 0 Å². The fourth-order valence-electron chi connectivity index (χ4n) is 1.25. The van der Waals surface area contributed by atoms with Gasteiger partial charge in [0.2, 0.25) is 0 Å². The van der Waals surface area contributed by atoms with Gasteiger partial charge in [-0.25, -0.2) is 0 Å². The quantitative estimate of drug-likeness (QED) is 0.145. The van der Waals surface area contributed by atoms with Crippen molar-refractivity contribution >= 4 is 23.3 Å². The molecule has 1 rings (SSSR count). The molecule has 0 spiro atoms. The first kappa shape index (κ1) is 15.2. The molecule has 1 atom stereocenters. The van der Waals surface area contributed by atoms with E-state index in [0.29, 0.717) is 4.90 Å². The predicted molar refractivity (Wildman–Crippen MR) is 69.4 cm³/mol. The summed E-state index contributed by atoms with van der Waals surface area (Å²) >= 11 is 1.14. The van der Waals surface area contributed by atoms with E-state index in [0.717, 1.165) is 11.8 Å². The van der Waals surface area contributed by atoms with Crippen molar-refractivity contribution in [2.45, 2.75) is 11.0 Å². The minimum absolute atomic E-state index is 0.181. The van der Waals surface area contributed by atoms with Crippen molar-refractivity contribution in [1.29, 1.82) is 0 Å². The number of nitro benzene ring substituents is 1. The summed E-state index contributed by atoms with van der Waals surface area (Å²) in [6, 6.07) is 3.91. The van der Waals surface area contributed by atoms with Crippen LogP contribution in [0.15, 0.2) is 28.3 Å². The van der Waals surface area contributed by atoms with Crippen LogP contribution >= 0.6 is 11.8 Å². The third kappa shape index (κ3) is 4.09. The van der Waals surface area contributed by atoms with E-state index in [1.807, 2.05) is 0 Å². The van der Waals surface area contributed by atoms with Crippen LogP contribution in [0, 0.1) is 10.1 Å². The second-order valence-electron chi connectivity index (χ2n) is 3.57. The van der Waals surface area contributed by atoms with Crippen LogP contribution in [0.1, 0.15) is 5.56 Å². The van der Waals surface area contributed by atoms with Crippen LogP contribution in [0.4, 0.5) is 5.69 Å². The van der Waals surface area contributed by atoms with Crippen molar-refractivity contribution in [3.8, 4) is 0 Å². The lowest BCUT2D eigenvalue weighted by atomic mass is 10.2. The average molecular weight is 287 g/mol. The number of nitrogens with two attached hydrogens (primary N) is 1. The number of hydrogen-bond donors (Lipinski definition) is 4. The van der Waals surface area contributed by atoms with Gasteiger partial charge >= 0.3 is 0 Å². The lowest BCUT2D eigenvalue weighted by Gasteiger charge is -2.10. The fraction of sp³-hybridized carbons (Fsp3) is 0.300. The van der Waals surface area contributed by atoms with Gasteiger partial charge in [0.25, 0.3) is 5.69 Å². The van der Waals surface area contributed by atoms with E-state index in [-0.39, 0.29) is 29.4 Å². The summed E-state index contributed by atoms with van der Waals surface area (Å²) in [5, 5.41) is 40.1. The number of nitrogens with zero attached hydrogens (tertiary/aromatic N) is 2. The number of benzene rings is 1. The van der Waals surface area contributed by atoms with E-state index in [4.69, 9.17) is 16.0 Å². The highest BCUT2D eigenvalue weighted by molar-refractivity contribution is 7.99. The van der Waals surface area contributed by atoms with E-state index in [9.17, 15) is 15.2 Å². The van der Waals surface area contributed by atoms with Crippen molar-refractivity contribution in [2.24, 2.45) is 10.9 Å². The Morgan fingerprint density at radius 1 is 1.58 bits per heavy atom. The molecular formula is C10H13N3O5S. The van der Waals surface area contributed by atoms with E-state index in [2.05, 4.69) is 5.16 Å². The van der Waals surface area contributed by atoms with E-state index < -0.39 is 11.0 Å². The predicted octanol–water partition coefficient (Wildman–Crippen LogP) is 0.135. The zero-order chi connectivity index (χ0) is 14.4. The molecule has 19 heavy (non-hydrogen) atoms. The van der Waals surface area contributed by atoms with Gasteiger partial charge in [-0.2, -0.15) is 0 Å². The molecule has 1 unspecified atom stereocenters. The van der Waals surface area contributed by atoms with Crippen LogP contribution in [0.3, 0.4) is 0 Å². The Kier molecular flexibility index (Phi) is 5.55. The Morgan fingerprint density at radius 2 is 2.26 bits per heavy atom. The van der Waals surface area contributed by atoms with Crippen molar-refractivity contribution in [2.75, 3.05) is 12.4 Å². The number of nitro groups is 1. The van der Waals surface area contributed by atoms with Gasteiger partial charge in [-0.3, -0.25) is 10.1 Å².